The van der Waals surface area contributed by atoms with Crippen molar-refractivity contribution in [1.82, 2.24) is 24.7 Å². The Bertz CT molecular complexity index is 1670. The summed E-state index contributed by atoms with van der Waals surface area (Å²) < 4.78 is 34.7. The predicted octanol–water partition coefficient (Wildman–Crippen LogP) is 4.97. The SMILES string of the molecule is CC[C@@H]1CN(C(=O)Cc2ccc(CN3CCN(CCO)CC3)c(C(F)F)c2)Cc2cc(Oc3ccnc4[nH]c(CO)cc34)ccc21. The van der Waals surface area contributed by atoms with Crippen LogP contribution in [-0.2, 0) is 30.9 Å². The van der Waals surface area contributed by atoms with Crippen molar-refractivity contribution < 1.29 is 28.5 Å². The number of carbonyl (C=O) groups is 1. The molecule has 1 amide bonds. The molecule has 6 rings (SSSR count). The zero-order valence-electron chi connectivity index (χ0n) is 26.1. The summed E-state index contributed by atoms with van der Waals surface area (Å²) in [7, 11) is 0. The molecule has 2 aromatic heterocycles. The van der Waals surface area contributed by atoms with Crippen LogP contribution in [0.1, 0.15) is 59.2 Å². The number of H-pyrrole nitrogens is 1. The molecule has 3 N–H and O–H groups in total. The molecule has 0 spiro atoms. The summed E-state index contributed by atoms with van der Waals surface area (Å²) in [4.78, 5) is 27.2. The van der Waals surface area contributed by atoms with E-state index in [0.717, 1.165) is 43.5 Å². The summed E-state index contributed by atoms with van der Waals surface area (Å²) in [5, 5.41) is 19.5. The van der Waals surface area contributed by atoms with Crippen LogP contribution in [0.5, 0.6) is 11.5 Å². The first-order valence-corrected chi connectivity index (χ1v) is 16.0. The smallest absolute Gasteiger partial charge is 0.264 e. The molecule has 4 heterocycles. The van der Waals surface area contributed by atoms with Crippen molar-refractivity contribution >= 4 is 16.9 Å². The molecule has 1 atom stereocenters. The number of fused-ring (bicyclic) bond motifs is 2. The van der Waals surface area contributed by atoms with E-state index in [4.69, 9.17) is 4.74 Å². The van der Waals surface area contributed by atoms with E-state index in [-0.39, 0.29) is 37.0 Å². The minimum absolute atomic E-state index is 0.0148. The van der Waals surface area contributed by atoms with Crippen molar-refractivity contribution in [3.63, 3.8) is 0 Å². The number of nitrogens with one attached hydrogen (secondary N) is 1. The van der Waals surface area contributed by atoms with Crippen LogP contribution < -0.4 is 4.74 Å². The maximum Gasteiger partial charge on any atom is 0.264 e. The molecular weight excluding hydrogens is 592 g/mol. The summed E-state index contributed by atoms with van der Waals surface area (Å²) >= 11 is 0. The largest absolute Gasteiger partial charge is 0.457 e. The van der Waals surface area contributed by atoms with E-state index < -0.39 is 6.43 Å². The number of pyridine rings is 1. The molecule has 0 unspecified atom stereocenters. The van der Waals surface area contributed by atoms with Crippen LogP contribution in [0.4, 0.5) is 8.78 Å². The summed E-state index contributed by atoms with van der Waals surface area (Å²) in [5.74, 6) is 1.30. The number of hydrogen-bond acceptors (Lipinski definition) is 7. The number of nitrogens with zero attached hydrogens (tertiary/aromatic N) is 4. The normalized spacial score (nSPS) is 17.5. The van der Waals surface area contributed by atoms with Gasteiger partial charge in [-0.05, 0) is 59.0 Å². The molecule has 4 aromatic rings. The lowest BCUT2D eigenvalue weighted by Gasteiger charge is -2.35. The van der Waals surface area contributed by atoms with E-state index in [1.54, 1.807) is 24.4 Å². The number of rotatable bonds is 11. The molecule has 46 heavy (non-hydrogen) atoms. The highest BCUT2D eigenvalue weighted by Gasteiger charge is 2.28. The molecule has 2 aromatic carbocycles. The van der Waals surface area contributed by atoms with Crippen molar-refractivity contribution in [1.29, 1.82) is 0 Å². The number of halogens is 2. The molecule has 11 heteroatoms. The number of piperazine rings is 1. The Labute approximate surface area is 267 Å². The van der Waals surface area contributed by atoms with Crippen LogP contribution in [0, 0.1) is 0 Å². The summed E-state index contributed by atoms with van der Waals surface area (Å²) in [6.45, 7) is 7.25. The van der Waals surface area contributed by atoms with Gasteiger partial charge in [0.15, 0.2) is 0 Å². The minimum Gasteiger partial charge on any atom is -0.457 e. The van der Waals surface area contributed by atoms with Crippen molar-refractivity contribution in [2.24, 2.45) is 0 Å². The van der Waals surface area contributed by atoms with E-state index >= 15 is 0 Å². The zero-order valence-corrected chi connectivity index (χ0v) is 26.1. The van der Waals surface area contributed by atoms with Gasteiger partial charge in [0.05, 0.1) is 25.0 Å². The molecule has 9 nitrogen and oxygen atoms in total. The van der Waals surface area contributed by atoms with Gasteiger partial charge in [0.25, 0.3) is 6.43 Å². The topological polar surface area (TPSA) is 105 Å². The molecule has 0 bridgehead atoms. The van der Waals surface area contributed by atoms with Crippen LogP contribution in [0.3, 0.4) is 0 Å². The van der Waals surface area contributed by atoms with Crippen LogP contribution in [0.25, 0.3) is 11.0 Å². The van der Waals surface area contributed by atoms with E-state index in [9.17, 15) is 23.8 Å². The Hall–Kier alpha value is -3.90. The molecule has 0 aliphatic carbocycles. The van der Waals surface area contributed by atoms with Crippen molar-refractivity contribution in [3.05, 3.63) is 88.2 Å². The number of carbonyl (C=O) groups excluding carboxylic acids is 1. The third-order valence-corrected chi connectivity index (χ3v) is 9.22. The fraction of sp³-hybridized carbons (Fsp3) is 0.429. The van der Waals surface area contributed by atoms with Gasteiger partial charge in [0.1, 0.15) is 17.1 Å². The lowest BCUT2D eigenvalue weighted by Crippen LogP contribution is -2.46. The van der Waals surface area contributed by atoms with Gasteiger partial charge in [-0.2, -0.15) is 0 Å². The Morgan fingerprint density at radius 1 is 1.07 bits per heavy atom. The van der Waals surface area contributed by atoms with Crippen molar-refractivity contribution in [2.75, 3.05) is 45.9 Å². The average Bonchev–Trinajstić information content (AvgIpc) is 3.50. The highest BCUT2D eigenvalue weighted by Crippen LogP contribution is 2.36. The number of β-amino-alcohol motifs (C(OH)–C–C–N with tert-alkyl or cyclic N) is 1. The molecule has 0 saturated carbocycles. The number of ether oxygens (including phenoxy) is 1. The maximum absolute atomic E-state index is 14.2. The van der Waals surface area contributed by atoms with Gasteiger partial charge in [-0.15, -0.1) is 0 Å². The summed E-state index contributed by atoms with van der Waals surface area (Å²) in [6.07, 6.45) is -0.0759. The van der Waals surface area contributed by atoms with Gasteiger partial charge >= 0.3 is 0 Å². The fourth-order valence-electron chi connectivity index (χ4n) is 6.65. The molecule has 0 radical (unpaired) electrons. The van der Waals surface area contributed by atoms with Crippen molar-refractivity contribution in [3.8, 4) is 11.5 Å². The number of alkyl halides is 2. The van der Waals surface area contributed by atoms with E-state index in [0.29, 0.717) is 60.1 Å². The number of benzene rings is 2. The van der Waals surface area contributed by atoms with Crippen LogP contribution >= 0.6 is 0 Å². The van der Waals surface area contributed by atoms with E-state index in [1.807, 2.05) is 23.1 Å². The van der Waals surface area contributed by atoms with E-state index in [1.165, 1.54) is 11.6 Å². The van der Waals surface area contributed by atoms with Crippen molar-refractivity contribution in [2.45, 2.75) is 51.8 Å². The molecule has 1 saturated heterocycles. The monoisotopic (exact) mass is 633 g/mol. The number of aliphatic hydroxyl groups excluding tert-OH is 2. The fourth-order valence-corrected chi connectivity index (χ4v) is 6.65. The first-order valence-electron chi connectivity index (χ1n) is 16.0. The molecule has 244 valence electrons. The predicted molar refractivity (Wildman–Crippen MR) is 171 cm³/mol. The Kier molecular flexibility index (Phi) is 9.93. The number of amides is 1. The lowest BCUT2D eigenvalue weighted by atomic mass is 9.87. The van der Waals surface area contributed by atoms with Gasteiger partial charge in [-0.1, -0.05) is 25.1 Å². The molecule has 1 fully saturated rings. The van der Waals surface area contributed by atoms with Crippen LogP contribution in [0.15, 0.2) is 54.7 Å². The van der Waals surface area contributed by atoms with Gasteiger partial charge < -0.3 is 24.8 Å². The van der Waals surface area contributed by atoms with E-state index in [2.05, 4.69) is 32.8 Å². The summed E-state index contributed by atoms with van der Waals surface area (Å²) in [5.41, 5.74) is 4.62. The molecule has 2 aliphatic heterocycles. The Balaban J connectivity index is 1.15. The van der Waals surface area contributed by atoms with Gasteiger partial charge in [0, 0.05) is 75.7 Å². The van der Waals surface area contributed by atoms with Gasteiger partial charge in [0.2, 0.25) is 5.91 Å². The maximum atomic E-state index is 14.2. The second kappa shape index (κ2) is 14.3. The number of aromatic nitrogens is 2. The highest BCUT2D eigenvalue weighted by atomic mass is 19.3. The number of aliphatic hydroxyl groups is 2. The molecule has 2 aliphatic rings. The molecular formula is C35H41F2N5O4. The second-order valence-electron chi connectivity index (χ2n) is 12.2. The highest BCUT2D eigenvalue weighted by molar-refractivity contribution is 5.83. The first-order chi connectivity index (χ1) is 22.3. The second-order valence-corrected chi connectivity index (χ2v) is 12.2. The standard InChI is InChI=1S/C35H41F2N5O4/c1-2-24-20-42(21-26-17-28(5-6-29(24)26)46-32-7-8-38-35-31(32)18-27(22-44)39-35)33(45)16-23-3-4-25(30(15-23)34(36)37)19-41-11-9-40(10-12-41)13-14-43/h3-8,15,17-18,24,34,43-44H,2,9-14,16,19-22H2,1H3,(H,38,39)/t24-/m1/s1. The van der Waals surface area contributed by atoms with Gasteiger partial charge in [-0.3, -0.25) is 14.6 Å². The third-order valence-electron chi connectivity index (χ3n) is 9.22. The minimum atomic E-state index is -2.63. The quantitative estimate of drug-likeness (QED) is 0.214. The third kappa shape index (κ3) is 7.07. The number of hydrogen-bond donors (Lipinski definition) is 3. The lowest BCUT2D eigenvalue weighted by molar-refractivity contribution is -0.131. The average molecular weight is 634 g/mol. The van der Waals surface area contributed by atoms with Crippen LogP contribution in [0.2, 0.25) is 0 Å². The Morgan fingerprint density at radius 2 is 1.87 bits per heavy atom. The first kappa shape index (κ1) is 32.1. The number of aromatic amines is 1. The van der Waals surface area contributed by atoms with Gasteiger partial charge in [-0.25, -0.2) is 13.8 Å². The Morgan fingerprint density at radius 3 is 2.61 bits per heavy atom. The van der Waals surface area contributed by atoms with Crippen LogP contribution in [-0.4, -0.2) is 86.7 Å². The summed E-state index contributed by atoms with van der Waals surface area (Å²) in [6, 6.07) is 14.6. The zero-order chi connectivity index (χ0) is 32.2.